The largest absolute Gasteiger partial charge is 0.364 e. The van der Waals surface area contributed by atoms with Gasteiger partial charge in [-0.25, -0.2) is 9.99 Å². The van der Waals surface area contributed by atoms with Crippen LogP contribution in [0.3, 0.4) is 0 Å². The Labute approximate surface area is 175 Å². The molecule has 4 nitrogen and oxygen atoms in total. The normalized spacial score (nSPS) is 16.4. The number of halogens is 1. The number of nitrogens with zero attached hydrogens (tertiary/aromatic N) is 3. The third-order valence-electron chi connectivity index (χ3n) is 5.03. The maximum atomic E-state index is 6.61. The number of aromatic nitrogens is 1. The summed E-state index contributed by atoms with van der Waals surface area (Å²) in [4.78, 5) is 4.63. The van der Waals surface area contributed by atoms with Gasteiger partial charge in [0, 0.05) is 24.4 Å². The molecule has 1 aliphatic heterocycles. The molecule has 0 saturated heterocycles. The van der Waals surface area contributed by atoms with Crippen LogP contribution in [0.4, 0.5) is 0 Å². The van der Waals surface area contributed by atoms with Crippen LogP contribution in [-0.4, -0.2) is 27.9 Å². The van der Waals surface area contributed by atoms with E-state index in [4.69, 9.17) is 28.9 Å². The number of hydrazone groups is 1. The predicted octanol–water partition coefficient (Wildman–Crippen LogP) is 5.16. The van der Waals surface area contributed by atoms with Crippen molar-refractivity contribution in [1.82, 2.24) is 15.3 Å². The summed E-state index contributed by atoms with van der Waals surface area (Å²) >= 11 is 12.1. The molecule has 142 valence electrons. The number of fused-ring (bicyclic) bond motifs is 1. The molecule has 0 spiro atoms. The molecule has 2 aromatic carbocycles. The number of benzene rings is 2. The van der Waals surface area contributed by atoms with Crippen LogP contribution in [0, 0.1) is 13.8 Å². The number of nitrogens with one attached hydrogen (secondary N) is 1. The van der Waals surface area contributed by atoms with E-state index < -0.39 is 0 Å². The van der Waals surface area contributed by atoms with Crippen molar-refractivity contribution in [2.75, 3.05) is 7.05 Å². The highest BCUT2D eigenvalue weighted by Gasteiger charge is 2.33. The van der Waals surface area contributed by atoms with Crippen LogP contribution in [-0.2, 0) is 0 Å². The van der Waals surface area contributed by atoms with Crippen molar-refractivity contribution in [1.29, 1.82) is 0 Å². The SMILES string of the molecule is CNC(=S)N1N=C(c2ccc(C)cc2)C[C@@H]1c1cc2ccc(C)cc2nc1Cl. The van der Waals surface area contributed by atoms with Crippen molar-refractivity contribution in [3.05, 3.63) is 75.9 Å². The Hall–Kier alpha value is -2.50. The van der Waals surface area contributed by atoms with Crippen LogP contribution >= 0.6 is 23.8 Å². The third kappa shape index (κ3) is 3.48. The molecular weight excluding hydrogens is 388 g/mol. The molecule has 3 aromatic rings. The van der Waals surface area contributed by atoms with E-state index in [9.17, 15) is 0 Å². The summed E-state index contributed by atoms with van der Waals surface area (Å²) in [5.41, 5.74) is 6.29. The smallest absolute Gasteiger partial charge is 0.189 e. The zero-order valence-electron chi connectivity index (χ0n) is 16.0. The number of hydrogen-bond acceptors (Lipinski definition) is 3. The molecule has 0 saturated carbocycles. The lowest BCUT2D eigenvalue weighted by atomic mass is 9.98. The lowest BCUT2D eigenvalue weighted by Gasteiger charge is -2.24. The van der Waals surface area contributed by atoms with Crippen molar-refractivity contribution in [3.63, 3.8) is 0 Å². The Kier molecular flexibility index (Phi) is 5.04. The summed E-state index contributed by atoms with van der Waals surface area (Å²) in [6, 6.07) is 16.6. The molecule has 1 aromatic heterocycles. The molecular formula is C22H21ClN4S. The van der Waals surface area contributed by atoms with Gasteiger partial charge >= 0.3 is 0 Å². The second kappa shape index (κ2) is 7.49. The maximum Gasteiger partial charge on any atom is 0.189 e. The molecule has 4 rings (SSSR count). The summed E-state index contributed by atoms with van der Waals surface area (Å²) < 4.78 is 0. The van der Waals surface area contributed by atoms with Crippen molar-refractivity contribution in [3.8, 4) is 0 Å². The molecule has 0 fully saturated rings. The summed E-state index contributed by atoms with van der Waals surface area (Å²) in [7, 11) is 1.81. The molecule has 0 radical (unpaired) electrons. The highest BCUT2D eigenvalue weighted by Crippen LogP contribution is 2.37. The van der Waals surface area contributed by atoms with E-state index in [2.05, 4.69) is 66.6 Å². The zero-order chi connectivity index (χ0) is 19.8. The Balaban J connectivity index is 1.76. The van der Waals surface area contributed by atoms with Gasteiger partial charge in [0.15, 0.2) is 5.11 Å². The number of rotatable bonds is 2. The van der Waals surface area contributed by atoms with E-state index in [1.165, 1.54) is 5.56 Å². The monoisotopic (exact) mass is 408 g/mol. The van der Waals surface area contributed by atoms with Crippen LogP contribution in [0.2, 0.25) is 5.15 Å². The van der Waals surface area contributed by atoms with Gasteiger partial charge in [0.25, 0.3) is 0 Å². The van der Waals surface area contributed by atoms with Crippen molar-refractivity contribution in [2.45, 2.75) is 26.3 Å². The Morgan fingerprint density at radius 3 is 2.54 bits per heavy atom. The van der Waals surface area contributed by atoms with Gasteiger partial charge in [0.2, 0.25) is 0 Å². The Morgan fingerprint density at radius 1 is 1.11 bits per heavy atom. The summed E-state index contributed by atoms with van der Waals surface area (Å²) in [5.74, 6) is 0. The van der Waals surface area contributed by atoms with Crippen LogP contribution in [0.25, 0.3) is 10.9 Å². The molecule has 1 aliphatic rings. The number of hydrogen-bond donors (Lipinski definition) is 1. The van der Waals surface area contributed by atoms with Gasteiger partial charge in [0.1, 0.15) is 5.15 Å². The molecule has 0 bridgehead atoms. The van der Waals surface area contributed by atoms with E-state index in [0.717, 1.165) is 33.3 Å². The fourth-order valence-electron chi connectivity index (χ4n) is 3.48. The standard InChI is InChI=1S/C22H21ClN4S/c1-13-4-7-15(8-5-13)19-12-20(27(26-19)22(28)24-3)17-11-16-9-6-14(2)10-18(16)25-21(17)23/h4-11,20H,12H2,1-3H3,(H,24,28)/t20-/m1/s1. The second-order valence-corrected chi connectivity index (χ2v) is 7.84. The van der Waals surface area contributed by atoms with Crippen molar-refractivity contribution in [2.24, 2.45) is 5.10 Å². The minimum atomic E-state index is -0.0954. The highest BCUT2D eigenvalue weighted by molar-refractivity contribution is 7.80. The molecule has 28 heavy (non-hydrogen) atoms. The van der Waals surface area contributed by atoms with E-state index in [0.29, 0.717) is 16.7 Å². The molecule has 2 heterocycles. The van der Waals surface area contributed by atoms with E-state index in [1.54, 1.807) is 0 Å². The third-order valence-corrected chi connectivity index (χ3v) is 5.72. The quantitative estimate of drug-likeness (QED) is 0.469. The average molecular weight is 409 g/mol. The number of aryl methyl sites for hydroxylation is 2. The van der Waals surface area contributed by atoms with Gasteiger partial charge in [-0.1, -0.05) is 53.6 Å². The number of thiocarbonyl (C=S) groups is 1. The van der Waals surface area contributed by atoms with Crippen molar-refractivity contribution >= 4 is 45.5 Å². The fraction of sp³-hybridized carbons (Fsp3) is 0.227. The molecule has 1 atom stereocenters. The fourth-order valence-corrected chi connectivity index (χ4v) is 3.92. The first-order valence-electron chi connectivity index (χ1n) is 9.18. The lowest BCUT2D eigenvalue weighted by molar-refractivity contribution is 0.366. The summed E-state index contributed by atoms with van der Waals surface area (Å²) in [6.07, 6.45) is 0.712. The Bertz CT molecular complexity index is 1090. The Morgan fingerprint density at radius 2 is 1.82 bits per heavy atom. The van der Waals surface area contributed by atoms with Crippen LogP contribution in [0.15, 0.2) is 53.6 Å². The molecule has 6 heteroatoms. The highest BCUT2D eigenvalue weighted by atomic mass is 35.5. The van der Waals surface area contributed by atoms with Gasteiger partial charge in [0.05, 0.1) is 17.3 Å². The molecule has 0 unspecified atom stereocenters. The topological polar surface area (TPSA) is 40.5 Å². The van der Waals surface area contributed by atoms with Gasteiger partial charge in [-0.2, -0.15) is 5.10 Å². The van der Waals surface area contributed by atoms with Gasteiger partial charge in [-0.3, -0.25) is 0 Å². The van der Waals surface area contributed by atoms with Crippen LogP contribution in [0.5, 0.6) is 0 Å². The zero-order valence-corrected chi connectivity index (χ0v) is 17.6. The van der Waals surface area contributed by atoms with E-state index in [-0.39, 0.29) is 6.04 Å². The minimum absolute atomic E-state index is 0.0954. The second-order valence-electron chi connectivity index (χ2n) is 7.10. The predicted molar refractivity (Wildman–Crippen MR) is 120 cm³/mol. The summed E-state index contributed by atoms with van der Waals surface area (Å²) in [6.45, 7) is 4.13. The molecule has 0 aliphatic carbocycles. The van der Waals surface area contributed by atoms with E-state index in [1.807, 2.05) is 18.1 Å². The first kappa shape index (κ1) is 18.8. The minimum Gasteiger partial charge on any atom is -0.364 e. The van der Waals surface area contributed by atoms with Gasteiger partial charge in [-0.05, 0) is 49.3 Å². The molecule has 1 N–H and O–H groups in total. The first-order chi connectivity index (χ1) is 13.5. The van der Waals surface area contributed by atoms with Gasteiger partial charge in [-0.15, -0.1) is 0 Å². The lowest BCUT2D eigenvalue weighted by Crippen LogP contribution is -2.34. The first-order valence-corrected chi connectivity index (χ1v) is 9.97. The molecule has 0 amide bonds. The van der Waals surface area contributed by atoms with Crippen molar-refractivity contribution < 1.29 is 0 Å². The summed E-state index contributed by atoms with van der Waals surface area (Å²) in [5, 5.41) is 11.8. The average Bonchev–Trinajstić information content (AvgIpc) is 3.12. The number of pyridine rings is 1. The van der Waals surface area contributed by atoms with Gasteiger partial charge < -0.3 is 5.32 Å². The van der Waals surface area contributed by atoms with Crippen LogP contribution in [0.1, 0.15) is 34.7 Å². The maximum absolute atomic E-state index is 6.61. The van der Waals surface area contributed by atoms with E-state index >= 15 is 0 Å². The van der Waals surface area contributed by atoms with Crippen LogP contribution < -0.4 is 5.32 Å².